The Labute approximate surface area is 414 Å². The van der Waals surface area contributed by atoms with E-state index in [9.17, 15) is 40.7 Å². The number of ether oxygens (including phenoxy) is 3. The summed E-state index contributed by atoms with van der Waals surface area (Å²) in [4.78, 5) is 58.1. The van der Waals surface area contributed by atoms with Crippen LogP contribution in [0.3, 0.4) is 0 Å². The lowest BCUT2D eigenvalue weighted by molar-refractivity contribution is -0.275. The van der Waals surface area contributed by atoms with Crippen molar-refractivity contribution >= 4 is 52.6 Å². The maximum Gasteiger partial charge on any atom is 0.573 e. The van der Waals surface area contributed by atoms with Crippen LogP contribution in [0.1, 0.15) is 41.5 Å². The monoisotopic (exact) mass is 1020 g/mol. The van der Waals surface area contributed by atoms with Crippen molar-refractivity contribution in [1.29, 1.82) is 0 Å². The quantitative estimate of drug-likeness (QED) is 0.0783. The van der Waals surface area contributed by atoms with Crippen LogP contribution in [0.2, 0.25) is 0 Å². The average Bonchev–Trinajstić information content (AvgIpc) is 3.92. The minimum absolute atomic E-state index is 0.00810. The molecule has 2 aliphatic rings. The highest BCUT2D eigenvalue weighted by Gasteiger charge is 2.34. The number of alkyl halides is 6. The average molecular weight is 1020 g/mol. The van der Waals surface area contributed by atoms with Gasteiger partial charge in [-0.1, -0.05) is 0 Å². The van der Waals surface area contributed by atoms with Crippen molar-refractivity contribution in [3.63, 3.8) is 0 Å². The van der Waals surface area contributed by atoms with Crippen LogP contribution < -0.4 is 46.7 Å². The third-order valence-corrected chi connectivity index (χ3v) is 11.1. The van der Waals surface area contributed by atoms with Crippen molar-refractivity contribution in [2.24, 2.45) is 25.6 Å². The van der Waals surface area contributed by atoms with Crippen LogP contribution in [-0.4, -0.2) is 123 Å². The number of piperazine rings is 2. The largest absolute Gasteiger partial charge is 0.573 e. The smallest absolute Gasteiger partial charge is 0.444 e. The molecule has 6 heterocycles. The third-order valence-electron chi connectivity index (χ3n) is 11.1. The van der Waals surface area contributed by atoms with Gasteiger partial charge < -0.3 is 65.5 Å². The first-order valence-corrected chi connectivity index (χ1v) is 22.5. The van der Waals surface area contributed by atoms with E-state index in [0.717, 1.165) is 31.9 Å². The van der Waals surface area contributed by atoms with Crippen molar-refractivity contribution in [1.82, 2.24) is 39.3 Å². The maximum absolute atomic E-state index is 13.2. The molecule has 0 aliphatic carbocycles. The zero-order valence-corrected chi connectivity index (χ0v) is 40.1. The Kier molecular flexibility index (Phi) is 15.5. The fraction of sp³-hybridized carbons (Fsp3) is 0.340. The molecule has 4 aromatic heterocycles. The van der Waals surface area contributed by atoms with Crippen LogP contribution in [0.15, 0.2) is 85.5 Å². The number of carbonyl (C=O) groups excluding carboxylic acids is 3. The van der Waals surface area contributed by atoms with Crippen molar-refractivity contribution in [3.8, 4) is 34.3 Å². The van der Waals surface area contributed by atoms with E-state index in [2.05, 4.69) is 50.3 Å². The Bertz CT molecular complexity index is 2940. The predicted molar refractivity (Wildman–Crippen MR) is 258 cm³/mol. The van der Waals surface area contributed by atoms with Crippen LogP contribution in [0.25, 0.3) is 22.8 Å². The van der Waals surface area contributed by atoms with Gasteiger partial charge in [0.05, 0.1) is 45.3 Å². The van der Waals surface area contributed by atoms with Gasteiger partial charge in [-0.25, -0.2) is 24.7 Å². The molecule has 20 nitrogen and oxygen atoms in total. The molecule has 0 unspecified atom stereocenters. The maximum atomic E-state index is 13.2. The molecule has 0 radical (unpaired) electrons. The van der Waals surface area contributed by atoms with E-state index in [1.54, 1.807) is 97.7 Å². The van der Waals surface area contributed by atoms with E-state index in [1.807, 2.05) is 4.90 Å². The molecule has 6 aromatic rings. The fourth-order valence-electron chi connectivity index (χ4n) is 7.72. The molecular formula is C47H52F6N14O6. The summed E-state index contributed by atoms with van der Waals surface area (Å²) in [6.45, 7) is 10.0. The first-order chi connectivity index (χ1) is 34.4. The van der Waals surface area contributed by atoms with Gasteiger partial charge in [0.15, 0.2) is 11.5 Å². The number of nitrogens with zero attached hydrogens (tertiary/aromatic N) is 9. The Morgan fingerprint density at radius 1 is 0.616 bits per heavy atom. The molecule has 388 valence electrons. The molecule has 0 spiro atoms. The van der Waals surface area contributed by atoms with Crippen LogP contribution >= 0.6 is 0 Å². The number of primary amides is 2. The lowest BCUT2D eigenvalue weighted by atomic mass is 10.2. The van der Waals surface area contributed by atoms with E-state index in [1.165, 1.54) is 36.7 Å². The van der Waals surface area contributed by atoms with Gasteiger partial charge in [0.1, 0.15) is 5.60 Å². The number of anilines is 6. The molecule has 3 amide bonds. The van der Waals surface area contributed by atoms with Crippen molar-refractivity contribution < 1.29 is 54.9 Å². The van der Waals surface area contributed by atoms with E-state index in [-0.39, 0.29) is 28.8 Å². The molecule has 26 heteroatoms. The lowest BCUT2D eigenvalue weighted by Gasteiger charge is -2.37. The van der Waals surface area contributed by atoms with Gasteiger partial charge in [-0.15, -0.1) is 26.3 Å². The fourth-order valence-corrected chi connectivity index (χ4v) is 7.72. The summed E-state index contributed by atoms with van der Waals surface area (Å²) in [5, 5.41) is 8.91. The number of halogens is 6. The Hall–Kier alpha value is -8.29. The Balaban J connectivity index is 0.000000218. The number of nitrogens with two attached hydrogens (primary N) is 2. The van der Waals surface area contributed by atoms with Gasteiger partial charge in [0, 0.05) is 103 Å². The van der Waals surface area contributed by atoms with E-state index in [0.29, 0.717) is 60.2 Å². The minimum Gasteiger partial charge on any atom is -0.444 e. The van der Waals surface area contributed by atoms with Gasteiger partial charge >= 0.3 is 18.8 Å². The topological polar surface area (TPSA) is 238 Å². The number of nitrogens with one attached hydrogen (secondary N) is 3. The van der Waals surface area contributed by atoms with Gasteiger partial charge in [-0.05, 0) is 81.4 Å². The molecule has 8 rings (SSSR count). The molecule has 2 aliphatic heterocycles. The van der Waals surface area contributed by atoms with Gasteiger partial charge in [0.25, 0.3) is 0 Å². The molecule has 0 bridgehead atoms. The first-order valence-electron chi connectivity index (χ1n) is 22.5. The summed E-state index contributed by atoms with van der Waals surface area (Å²) < 4.78 is 95.6. The molecule has 2 fully saturated rings. The van der Waals surface area contributed by atoms with Crippen LogP contribution in [0.4, 0.5) is 65.8 Å². The van der Waals surface area contributed by atoms with Crippen molar-refractivity contribution in [2.75, 3.05) is 72.8 Å². The second kappa shape index (κ2) is 21.6. The van der Waals surface area contributed by atoms with Crippen molar-refractivity contribution in [2.45, 2.75) is 39.1 Å². The van der Waals surface area contributed by atoms with Gasteiger partial charge in [-0.2, -0.15) is 0 Å². The second-order valence-corrected chi connectivity index (χ2v) is 17.6. The molecule has 0 atom stereocenters. The van der Waals surface area contributed by atoms with Crippen LogP contribution in [-0.2, 0) is 18.8 Å². The minimum atomic E-state index is -4.92. The zero-order chi connectivity index (χ0) is 52.8. The predicted octanol–water partition coefficient (Wildman–Crippen LogP) is 6.91. The summed E-state index contributed by atoms with van der Waals surface area (Å²) in [5.41, 5.74) is 14.1. The normalized spacial score (nSPS) is 14.2. The molecular weight excluding hydrogens is 971 g/mol. The molecule has 7 N–H and O–H groups in total. The molecule has 2 saturated heterocycles. The highest BCUT2D eigenvalue weighted by atomic mass is 19.4. The number of aryl methyl sites for hydroxylation is 2. The Morgan fingerprint density at radius 3 is 1.42 bits per heavy atom. The number of hydrogen-bond acceptors (Lipinski definition) is 15. The SMILES string of the molecule is Cn1cc(C(N)=O)cc1-c1ccnc(Nc2cc(N3CCN(C(=O)OC(C)(C)C)CC3)ccc2OC(F)(F)F)n1.Cn1cc(C(N)=O)cc1-c1ccnc(Nc2cc(N3CCNCC3)ccc2OC(F)(F)F)n1. The zero-order valence-electron chi connectivity index (χ0n) is 40.1. The van der Waals surface area contributed by atoms with Crippen molar-refractivity contribution in [3.05, 3.63) is 96.6 Å². The molecule has 73 heavy (non-hydrogen) atoms. The van der Waals surface area contributed by atoms with E-state index >= 15 is 0 Å². The van der Waals surface area contributed by atoms with Gasteiger partial charge in [0.2, 0.25) is 23.7 Å². The highest BCUT2D eigenvalue weighted by molar-refractivity contribution is 5.94. The summed E-state index contributed by atoms with van der Waals surface area (Å²) in [7, 11) is 3.43. The molecule has 2 aromatic carbocycles. The summed E-state index contributed by atoms with van der Waals surface area (Å²) in [5.74, 6) is -1.97. The van der Waals surface area contributed by atoms with E-state index in [4.69, 9.17) is 16.2 Å². The summed E-state index contributed by atoms with van der Waals surface area (Å²) in [6, 6.07) is 15.0. The number of amides is 3. The number of carbonyl (C=O) groups is 3. The summed E-state index contributed by atoms with van der Waals surface area (Å²) >= 11 is 0. The highest BCUT2D eigenvalue weighted by Crippen LogP contribution is 2.38. The first kappa shape index (κ1) is 52.5. The number of aromatic nitrogens is 6. The third kappa shape index (κ3) is 14.2. The second-order valence-electron chi connectivity index (χ2n) is 17.6. The Morgan fingerprint density at radius 2 is 1.04 bits per heavy atom. The van der Waals surface area contributed by atoms with Gasteiger partial charge in [-0.3, -0.25) is 9.59 Å². The lowest BCUT2D eigenvalue weighted by Crippen LogP contribution is -2.50. The van der Waals surface area contributed by atoms with Crippen LogP contribution in [0, 0.1) is 0 Å². The summed E-state index contributed by atoms with van der Waals surface area (Å²) in [6.07, 6.45) is -4.18. The number of hydrogen-bond donors (Lipinski definition) is 5. The van der Waals surface area contributed by atoms with Crippen LogP contribution in [0.5, 0.6) is 11.5 Å². The number of benzene rings is 2. The standard InChI is InChI=1S/C26H30F3N7O4.C21H22F3N7O2/c1-25(2,3)40-24(38)36-11-9-35(10-12-36)17-5-6-21(39-26(27,28)29)19(14-17)33-23-31-8-7-18(32-23)20-13-16(22(30)37)15-34(20)4;1-30-12-13(19(25)32)10-17(30)15-4-5-27-20(28-15)29-16-11-14(31-8-6-26-7-9-31)2-3-18(16)33-21(22,23)24/h5-8,13-15H,9-12H2,1-4H3,(H2,30,37)(H,31,32,33);2-5,10-12,26H,6-9H2,1H3,(H2,25,32)(H,27,28,29). The van der Waals surface area contributed by atoms with E-state index < -0.39 is 47.7 Å². The molecule has 0 saturated carbocycles. The number of rotatable bonds is 12.